The maximum atomic E-state index is 10.9. The third-order valence-corrected chi connectivity index (χ3v) is 1.48. The Bertz CT molecular complexity index is 254. The number of hydrogen-bond acceptors (Lipinski definition) is 3. The molecule has 0 unspecified atom stereocenters. The second-order valence-electron chi connectivity index (χ2n) is 2.74. The summed E-state index contributed by atoms with van der Waals surface area (Å²) in [5.41, 5.74) is 0. The van der Waals surface area contributed by atoms with Gasteiger partial charge in [0.2, 0.25) is 0 Å². The lowest BCUT2D eigenvalue weighted by Gasteiger charge is -1.94. The van der Waals surface area contributed by atoms with E-state index in [1.165, 1.54) is 0 Å². The van der Waals surface area contributed by atoms with Crippen molar-refractivity contribution in [3.8, 4) is 0 Å². The van der Waals surface area contributed by atoms with Crippen molar-refractivity contribution in [2.24, 2.45) is 0 Å². The van der Waals surface area contributed by atoms with Gasteiger partial charge in [0.1, 0.15) is 0 Å². The lowest BCUT2D eigenvalue weighted by molar-refractivity contribution is -0.137. The molecule has 0 aliphatic rings. The monoisotopic (exact) mass is 200 g/mol. The Hall–Kier alpha value is -1.65. The molecule has 5 nitrogen and oxygen atoms in total. The van der Waals surface area contributed by atoms with Gasteiger partial charge < -0.3 is 10.2 Å². The van der Waals surface area contributed by atoms with Crippen LogP contribution in [0.4, 0.5) is 0 Å². The van der Waals surface area contributed by atoms with E-state index in [9.17, 15) is 14.4 Å². The minimum atomic E-state index is -1.16. The molecule has 0 bridgehead atoms. The zero-order valence-corrected chi connectivity index (χ0v) is 7.60. The van der Waals surface area contributed by atoms with Crippen LogP contribution in [0.15, 0.2) is 12.2 Å². The van der Waals surface area contributed by atoms with Gasteiger partial charge >= 0.3 is 11.9 Å². The van der Waals surface area contributed by atoms with Gasteiger partial charge in [0.05, 0.1) is 0 Å². The SMILES string of the molecule is O=C(O)/C=C\C(=O)CCCCC(=O)O. The van der Waals surface area contributed by atoms with Gasteiger partial charge in [-0.05, 0) is 18.9 Å². The number of ketones is 1. The summed E-state index contributed by atoms with van der Waals surface area (Å²) in [5, 5.41) is 16.5. The van der Waals surface area contributed by atoms with E-state index < -0.39 is 11.9 Å². The number of carboxylic acids is 2. The maximum absolute atomic E-state index is 10.9. The van der Waals surface area contributed by atoms with Crippen LogP contribution in [0.25, 0.3) is 0 Å². The average molecular weight is 200 g/mol. The summed E-state index contributed by atoms with van der Waals surface area (Å²) >= 11 is 0. The normalized spacial score (nSPS) is 10.3. The standard InChI is InChI=1S/C9H12O5/c10-7(5-6-9(13)14)3-1-2-4-8(11)12/h5-6H,1-4H2,(H,11,12)(H,13,14)/b6-5-. The van der Waals surface area contributed by atoms with Crippen LogP contribution in [0.5, 0.6) is 0 Å². The van der Waals surface area contributed by atoms with Gasteiger partial charge in [-0.15, -0.1) is 0 Å². The summed E-state index contributed by atoms with van der Waals surface area (Å²) in [6.07, 6.45) is 2.90. The highest BCUT2D eigenvalue weighted by Gasteiger charge is 2.00. The summed E-state index contributed by atoms with van der Waals surface area (Å²) in [6.45, 7) is 0. The van der Waals surface area contributed by atoms with Gasteiger partial charge in [0.25, 0.3) is 0 Å². The molecule has 0 aromatic carbocycles. The minimum Gasteiger partial charge on any atom is -0.481 e. The molecule has 0 aliphatic heterocycles. The van der Waals surface area contributed by atoms with Gasteiger partial charge in [0.15, 0.2) is 5.78 Å². The average Bonchev–Trinajstić information content (AvgIpc) is 2.08. The van der Waals surface area contributed by atoms with Gasteiger partial charge in [-0.3, -0.25) is 9.59 Å². The summed E-state index contributed by atoms with van der Waals surface area (Å²) in [5.74, 6) is -2.35. The Morgan fingerprint density at radius 2 is 1.50 bits per heavy atom. The van der Waals surface area contributed by atoms with Gasteiger partial charge in [0, 0.05) is 18.9 Å². The largest absolute Gasteiger partial charge is 0.481 e. The molecule has 14 heavy (non-hydrogen) atoms. The molecule has 0 saturated heterocycles. The van der Waals surface area contributed by atoms with Crippen molar-refractivity contribution in [2.75, 3.05) is 0 Å². The number of unbranched alkanes of at least 4 members (excludes halogenated alkanes) is 1. The van der Waals surface area contributed by atoms with Gasteiger partial charge in [-0.1, -0.05) is 0 Å². The number of carbonyl (C=O) groups excluding carboxylic acids is 1. The van der Waals surface area contributed by atoms with E-state index in [2.05, 4.69) is 0 Å². The summed E-state index contributed by atoms with van der Waals surface area (Å²) in [6, 6.07) is 0. The van der Waals surface area contributed by atoms with E-state index in [0.717, 1.165) is 12.2 Å². The lowest BCUT2D eigenvalue weighted by atomic mass is 10.1. The highest BCUT2D eigenvalue weighted by atomic mass is 16.4. The summed E-state index contributed by atoms with van der Waals surface area (Å²) < 4.78 is 0. The van der Waals surface area contributed by atoms with Crippen molar-refractivity contribution in [3.05, 3.63) is 12.2 Å². The molecule has 0 amide bonds. The molecule has 0 rings (SSSR count). The van der Waals surface area contributed by atoms with Crippen molar-refractivity contribution in [1.82, 2.24) is 0 Å². The number of hydrogen-bond donors (Lipinski definition) is 2. The number of rotatable bonds is 7. The molecule has 0 radical (unpaired) electrons. The Labute approximate surface area is 81.0 Å². The fraction of sp³-hybridized carbons (Fsp3) is 0.444. The predicted octanol–water partition coefficient (Wildman–Crippen LogP) is 0.841. The predicted molar refractivity (Wildman–Crippen MR) is 47.9 cm³/mol. The third-order valence-electron chi connectivity index (χ3n) is 1.48. The first-order valence-corrected chi connectivity index (χ1v) is 4.18. The van der Waals surface area contributed by atoms with Crippen LogP contribution in [-0.4, -0.2) is 27.9 Å². The van der Waals surface area contributed by atoms with Crippen molar-refractivity contribution < 1.29 is 24.6 Å². The Morgan fingerprint density at radius 3 is 2.00 bits per heavy atom. The molecule has 0 spiro atoms. The third kappa shape index (κ3) is 8.45. The number of carbonyl (C=O) groups is 3. The Kier molecular flexibility index (Phi) is 6.02. The van der Waals surface area contributed by atoms with Crippen LogP contribution in [-0.2, 0) is 14.4 Å². The van der Waals surface area contributed by atoms with Crippen LogP contribution < -0.4 is 0 Å². The van der Waals surface area contributed by atoms with Crippen LogP contribution in [0, 0.1) is 0 Å². The first kappa shape index (κ1) is 12.3. The Balaban J connectivity index is 3.55. The molecule has 0 heterocycles. The number of allylic oxidation sites excluding steroid dienone is 1. The van der Waals surface area contributed by atoms with Crippen LogP contribution >= 0.6 is 0 Å². The van der Waals surface area contributed by atoms with Gasteiger partial charge in [-0.25, -0.2) is 4.79 Å². The molecular formula is C9H12O5. The highest BCUT2D eigenvalue weighted by Crippen LogP contribution is 2.01. The van der Waals surface area contributed by atoms with E-state index >= 15 is 0 Å². The van der Waals surface area contributed by atoms with E-state index in [0.29, 0.717) is 12.8 Å². The fourth-order valence-electron chi connectivity index (χ4n) is 0.823. The molecule has 0 aromatic rings. The van der Waals surface area contributed by atoms with Crippen LogP contribution in [0.3, 0.4) is 0 Å². The van der Waals surface area contributed by atoms with Crippen molar-refractivity contribution in [2.45, 2.75) is 25.7 Å². The van der Waals surface area contributed by atoms with Crippen molar-refractivity contribution >= 4 is 17.7 Å². The first-order chi connectivity index (χ1) is 6.52. The highest BCUT2D eigenvalue weighted by molar-refractivity contribution is 5.95. The zero-order valence-electron chi connectivity index (χ0n) is 7.60. The van der Waals surface area contributed by atoms with E-state index in [-0.39, 0.29) is 18.6 Å². The second kappa shape index (κ2) is 6.82. The molecule has 0 aliphatic carbocycles. The van der Waals surface area contributed by atoms with E-state index in [4.69, 9.17) is 10.2 Å². The number of aliphatic carboxylic acids is 2. The zero-order chi connectivity index (χ0) is 11.0. The topological polar surface area (TPSA) is 91.7 Å². The van der Waals surface area contributed by atoms with E-state index in [1.54, 1.807) is 0 Å². The summed E-state index contributed by atoms with van der Waals surface area (Å²) in [7, 11) is 0. The number of carboxylic acid groups (broad SMARTS) is 2. The molecule has 0 aromatic heterocycles. The summed E-state index contributed by atoms with van der Waals surface area (Å²) in [4.78, 5) is 31.0. The van der Waals surface area contributed by atoms with Crippen molar-refractivity contribution in [1.29, 1.82) is 0 Å². The molecule has 2 N–H and O–H groups in total. The molecule has 5 heteroatoms. The quantitative estimate of drug-likeness (QED) is 0.469. The smallest absolute Gasteiger partial charge is 0.328 e. The van der Waals surface area contributed by atoms with Gasteiger partial charge in [-0.2, -0.15) is 0 Å². The second-order valence-corrected chi connectivity index (χ2v) is 2.74. The first-order valence-electron chi connectivity index (χ1n) is 4.18. The Morgan fingerprint density at radius 1 is 0.929 bits per heavy atom. The molecule has 0 atom stereocenters. The van der Waals surface area contributed by atoms with E-state index in [1.807, 2.05) is 0 Å². The molecule has 0 fully saturated rings. The molecule has 0 saturated carbocycles. The minimum absolute atomic E-state index is 0.0376. The molecular weight excluding hydrogens is 188 g/mol. The molecule has 78 valence electrons. The fourth-order valence-corrected chi connectivity index (χ4v) is 0.823. The maximum Gasteiger partial charge on any atom is 0.328 e. The van der Waals surface area contributed by atoms with Crippen molar-refractivity contribution in [3.63, 3.8) is 0 Å². The lowest BCUT2D eigenvalue weighted by Crippen LogP contribution is -1.98. The van der Waals surface area contributed by atoms with Crippen LogP contribution in [0.2, 0.25) is 0 Å². The van der Waals surface area contributed by atoms with Crippen LogP contribution in [0.1, 0.15) is 25.7 Å².